The molecule has 0 bridgehead atoms. The first-order valence-electron chi connectivity index (χ1n) is 6.86. The Labute approximate surface area is 156 Å². The third-order valence-corrected chi connectivity index (χ3v) is 4.43. The Morgan fingerprint density at radius 3 is 2.04 bits per heavy atom. The largest absolute Gasteiger partial charge is 0.417 e. The van der Waals surface area contributed by atoms with E-state index in [0.29, 0.717) is 5.56 Å². The van der Waals surface area contributed by atoms with Crippen molar-refractivity contribution in [3.8, 4) is 0 Å². The SMILES string of the molecule is CSc1ccc(C(C=C(c2cc(Cl)cc(Cl)c2)C(F)(F)F)=NO)cc1. The summed E-state index contributed by atoms with van der Waals surface area (Å²) >= 11 is 13.1. The standard InChI is InChI=1S/C17H12Cl2F3NOS/c1-25-14-4-2-10(3-5-14)16(23-24)9-15(17(20,21)22)11-6-12(18)8-13(19)7-11/h2-9,24H,1H3. The highest BCUT2D eigenvalue weighted by Crippen LogP contribution is 2.36. The number of alkyl halides is 3. The van der Waals surface area contributed by atoms with Crippen LogP contribution in [-0.4, -0.2) is 23.4 Å². The fourth-order valence-electron chi connectivity index (χ4n) is 2.11. The van der Waals surface area contributed by atoms with Gasteiger partial charge in [-0.15, -0.1) is 11.8 Å². The van der Waals surface area contributed by atoms with Gasteiger partial charge in [0, 0.05) is 20.5 Å². The van der Waals surface area contributed by atoms with Gasteiger partial charge < -0.3 is 5.21 Å². The summed E-state index contributed by atoms with van der Waals surface area (Å²) in [5.74, 6) is 0. The minimum absolute atomic E-state index is 0.0736. The van der Waals surface area contributed by atoms with E-state index in [0.717, 1.165) is 23.1 Å². The van der Waals surface area contributed by atoms with Gasteiger partial charge in [-0.25, -0.2) is 0 Å². The van der Waals surface area contributed by atoms with Gasteiger partial charge >= 0.3 is 6.18 Å². The Morgan fingerprint density at radius 1 is 1.04 bits per heavy atom. The maximum atomic E-state index is 13.5. The molecule has 0 saturated heterocycles. The van der Waals surface area contributed by atoms with Crippen LogP contribution in [0, 0.1) is 0 Å². The number of thioether (sulfide) groups is 1. The van der Waals surface area contributed by atoms with Crippen molar-refractivity contribution in [1.82, 2.24) is 0 Å². The third kappa shape index (κ3) is 5.17. The molecule has 0 amide bonds. The Bertz CT molecular complexity index is 797. The van der Waals surface area contributed by atoms with Gasteiger partial charge in [0.1, 0.15) is 5.71 Å². The quantitative estimate of drug-likeness (QED) is 0.271. The van der Waals surface area contributed by atoms with Crippen LogP contribution in [0.1, 0.15) is 11.1 Å². The van der Waals surface area contributed by atoms with E-state index >= 15 is 0 Å². The van der Waals surface area contributed by atoms with Crippen molar-refractivity contribution in [2.45, 2.75) is 11.1 Å². The van der Waals surface area contributed by atoms with Crippen molar-refractivity contribution in [2.75, 3.05) is 6.26 Å². The lowest BCUT2D eigenvalue weighted by Crippen LogP contribution is -2.13. The molecular formula is C17H12Cl2F3NOS. The molecule has 132 valence electrons. The summed E-state index contributed by atoms with van der Waals surface area (Å²) in [4.78, 5) is 0.933. The van der Waals surface area contributed by atoms with Gasteiger partial charge in [-0.2, -0.15) is 13.2 Å². The smallest absolute Gasteiger partial charge is 0.410 e. The minimum Gasteiger partial charge on any atom is -0.410 e. The number of allylic oxidation sites excluding steroid dienone is 2. The normalized spacial score (nSPS) is 13.2. The molecule has 0 fully saturated rings. The molecule has 0 aliphatic rings. The van der Waals surface area contributed by atoms with Gasteiger partial charge in [0.25, 0.3) is 0 Å². The second-order valence-corrected chi connectivity index (χ2v) is 6.68. The fourth-order valence-corrected chi connectivity index (χ4v) is 3.04. The van der Waals surface area contributed by atoms with E-state index in [2.05, 4.69) is 5.16 Å². The maximum Gasteiger partial charge on any atom is 0.417 e. The zero-order chi connectivity index (χ0) is 18.6. The van der Waals surface area contributed by atoms with Crippen molar-refractivity contribution < 1.29 is 18.4 Å². The second-order valence-electron chi connectivity index (χ2n) is 4.93. The first-order chi connectivity index (χ1) is 11.7. The topological polar surface area (TPSA) is 32.6 Å². The number of oxime groups is 1. The summed E-state index contributed by atoms with van der Waals surface area (Å²) in [6.07, 6.45) is -2.06. The van der Waals surface area contributed by atoms with Crippen LogP contribution in [0.2, 0.25) is 10.0 Å². The number of benzene rings is 2. The van der Waals surface area contributed by atoms with E-state index in [9.17, 15) is 18.4 Å². The number of nitrogens with zero attached hydrogens (tertiary/aromatic N) is 1. The first kappa shape index (κ1) is 19.7. The molecule has 2 aromatic carbocycles. The number of rotatable bonds is 4. The lowest BCUT2D eigenvalue weighted by molar-refractivity contribution is -0.0688. The van der Waals surface area contributed by atoms with Crippen molar-refractivity contribution >= 4 is 46.2 Å². The molecule has 2 rings (SSSR count). The highest BCUT2D eigenvalue weighted by Gasteiger charge is 2.35. The summed E-state index contributed by atoms with van der Waals surface area (Å²) in [7, 11) is 0. The molecule has 8 heteroatoms. The summed E-state index contributed by atoms with van der Waals surface area (Å²) in [5, 5.41) is 12.3. The van der Waals surface area contributed by atoms with Crippen LogP contribution < -0.4 is 0 Å². The molecule has 0 heterocycles. The lowest BCUT2D eigenvalue weighted by atomic mass is 10.0. The van der Waals surface area contributed by atoms with Crippen LogP contribution in [0.5, 0.6) is 0 Å². The number of hydrogen-bond donors (Lipinski definition) is 1. The Balaban J connectivity index is 2.55. The molecule has 0 aromatic heterocycles. The predicted molar refractivity (Wildman–Crippen MR) is 97.0 cm³/mol. The van der Waals surface area contributed by atoms with Gasteiger partial charge in [-0.05, 0) is 48.2 Å². The monoisotopic (exact) mass is 405 g/mol. The third-order valence-electron chi connectivity index (χ3n) is 3.25. The molecule has 1 N–H and O–H groups in total. The van der Waals surface area contributed by atoms with Crippen molar-refractivity contribution in [3.63, 3.8) is 0 Å². The van der Waals surface area contributed by atoms with Crippen LogP contribution in [-0.2, 0) is 0 Å². The van der Waals surface area contributed by atoms with Gasteiger partial charge in [0.2, 0.25) is 0 Å². The predicted octanol–water partition coefficient (Wildman–Crippen LogP) is 6.54. The summed E-state index contributed by atoms with van der Waals surface area (Å²) in [6, 6.07) is 10.2. The van der Waals surface area contributed by atoms with Crippen LogP contribution in [0.3, 0.4) is 0 Å². The molecule has 0 aliphatic carbocycles. The van der Waals surface area contributed by atoms with Gasteiger partial charge in [-0.3, -0.25) is 0 Å². The second kappa shape index (κ2) is 8.17. The van der Waals surface area contributed by atoms with E-state index in [1.165, 1.54) is 17.8 Å². The lowest BCUT2D eigenvalue weighted by Gasteiger charge is -2.13. The molecule has 0 unspecified atom stereocenters. The average Bonchev–Trinajstić information content (AvgIpc) is 2.54. The van der Waals surface area contributed by atoms with Crippen LogP contribution in [0.25, 0.3) is 5.57 Å². The van der Waals surface area contributed by atoms with E-state index < -0.39 is 11.7 Å². The van der Waals surface area contributed by atoms with E-state index in [1.807, 2.05) is 6.26 Å². The highest BCUT2D eigenvalue weighted by atomic mass is 35.5. The average molecular weight is 406 g/mol. The van der Waals surface area contributed by atoms with Crippen molar-refractivity contribution in [2.24, 2.45) is 5.16 Å². The molecule has 25 heavy (non-hydrogen) atoms. The van der Waals surface area contributed by atoms with Gasteiger partial charge in [0.15, 0.2) is 0 Å². The molecule has 0 aliphatic heterocycles. The van der Waals surface area contributed by atoms with Gasteiger partial charge in [0.05, 0.1) is 5.57 Å². The first-order valence-corrected chi connectivity index (χ1v) is 8.84. The zero-order valence-corrected chi connectivity index (χ0v) is 15.1. The Kier molecular flexibility index (Phi) is 6.43. The number of hydrogen-bond acceptors (Lipinski definition) is 3. The van der Waals surface area contributed by atoms with E-state index in [4.69, 9.17) is 23.2 Å². The molecule has 0 spiro atoms. The summed E-state index contributed by atoms with van der Waals surface area (Å²) in [6.45, 7) is 0. The van der Waals surface area contributed by atoms with E-state index in [1.54, 1.807) is 24.3 Å². The zero-order valence-electron chi connectivity index (χ0n) is 12.8. The highest BCUT2D eigenvalue weighted by molar-refractivity contribution is 7.98. The summed E-state index contributed by atoms with van der Waals surface area (Å²) < 4.78 is 40.5. The molecule has 0 saturated carbocycles. The van der Waals surface area contributed by atoms with Crippen molar-refractivity contribution in [1.29, 1.82) is 0 Å². The van der Waals surface area contributed by atoms with Crippen LogP contribution in [0.15, 0.2) is 58.6 Å². The van der Waals surface area contributed by atoms with E-state index in [-0.39, 0.29) is 21.3 Å². The fraction of sp³-hybridized carbons (Fsp3) is 0.118. The minimum atomic E-state index is -4.69. The molecular weight excluding hydrogens is 394 g/mol. The Morgan fingerprint density at radius 2 is 1.60 bits per heavy atom. The summed E-state index contributed by atoms with van der Waals surface area (Å²) in [5.41, 5.74) is -1.11. The molecule has 2 nitrogen and oxygen atoms in total. The molecule has 0 radical (unpaired) electrons. The van der Waals surface area contributed by atoms with Crippen molar-refractivity contribution in [3.05, 3.63) is 69.7 Å². The maximum absolute atomic E-state index is 13.5. The van der Waals surface area contributed by atoms with Gasteiger partial charge in [-0.1, -0.05) is 40.5 Å². The Hall–Kier alpha value is -1.63. The molecule has 0 atom stereocenters. The molecule has 2 aromatic rings. The van der Waals surface area contributed by atoms with Crippen LogP contribution >= 0.6 is 35.0 Å². The number of halogens is 5. The van der Waals surface area contributed by atoms with Crippen LogP contribution in [0.4, 0.5) is 13.2 Å².